The third-order valence-corrected chi connectivity index (χ3v) is 9.93. The van der Waals surface area contributed by atoms with Crippen LogP contribution in [-0.4, -0.2) is 37.9 Å². The smallest absolute Gasteiger partial charge is 0.191 e. The third kappa shape index (κ3) is 4.08. The predicted octanol–water partition coefficient (Wildman–Crippen LogP) is 4.91. The minimum Gasteiger partial charge on any atom is -0.416 e. The molecule has 1 aliphatic heterocycles. The van der Waals surface area contributed by atoms with E-state index in [1.807, 2.05) is 0 Å². The van der Waals surface area contributed by atoms with E-state index in [1.54, 1.807) is 0 Å². The maximum Gasteiger partial charge on any atom is 0.191 e. The van der Waals surface area contributed by atoms with Crippen molar-refractivity contribution in [3.8, 4) is 0 Å². The second kappa shape index (κ2) is 6.10. The number of hydrogen-bond donors (Lipinski definition) is 0. The van der Waals surface area contributed by atoms with Gasteiger partial charge in [0.15, 0.2) is 8.32 Å². The molecule has 2 unspecified atom stereocenters. The molecule has 1 saturated heterocycles. The molecule has 0 aromatic rings. The van der Waals surface area contributed by atoms with E-state index < -0.39 is 8.32 Å². The Balaban J connectivity index is 2.66. The lowest BCUT2D eigenvalue weighted by Crippen LogP contribution is -2.47. The van der Waals surface area contributed by atoms with E-state index in [9.17, 15) is 0 Å². The van der Waals surface area contributed by atoms with Crippen molar-refractivity contribution in [1.82, 2.24) is 4.90 Å². The van der Waals surface area contributed by atoms with Crippen molar-refractivity contribution in [2.75, 3.05) is 13.2 Å². The van der Waals surface area contributed by atoms with Gasteiger partial charge in [0, 0.05) is 18.2 Å². The largest absolute Gasteiger partial charge is 0.416 e. The lowest BCUT2D eigenvalue weighted by molar-refractivity contribution is 0.0902. The molecule has 0 spiro atoms. The van der Waals surface area contributed by atoms with Gasteiger partial charge in [-0.1, -0.05) is 27.7 Å². The van der Waals surface area contributed by atoms with Crippen LogP contribution in [0.25, 0.3) is 0 Å². The Bertz CT molecular complexity index is 314. The highest BCUT2D eigenvalue weighted by molar-refractivity contribution is 6.74. The van der Waals surface area contributed by atoms with Crippen molar-refractivity contribution in [1.29, 1.82) is 0 Å². The zero-order valence-electron chi connectivity index (χ0n) is 15.3. The Morgan fingerprint density at radius 2 is 1.65 bits per heavy atom. The summed E-state index contributed by atoms with van der Waals surface area (Å²) in [6.07, 6.45) is 2.53. The SMILES string of the molecule is CCC1C(CO[Si](C)(C)C(C)(C)C)CCN1C(C)(C)C. The monoisotopic (exact) mass is 299 g/mol. The Labute approximate surface area is 128 Å². The normalized spacial score (nSPS) is 26.2. The van der Waals surface area contributed by atoms with E-state index in [0.29, 0.717) is 17.0 Å². The summed E-state index contributed by atoms with van der Waals surface area (Å²) in [6.45, 7) is 23.2. The molecule has 0 radical (unpaired) electrons. The maximum atomic E-state index is 6.48. The maximum absolute atomic E-state index is 6.48. The molecule has 0 bridgehead atoms. The molecule has 1 fully saturated rings. The Morgan fingerprint density at radius 3 is 2.05 bits per heavy atom. The van der Waals surface area contributed by atoms with Crippen molar-refractivity contribution < 1.29 is 4.43 Å². The van der Waals surface area contributed by atoms with Gasteiger partial charge in [0.2, 0.25) is 0 Å². The Morgan fingerprint density at radius 1 is 1.10 bits per heavy atom. The predicted molar refractivity (Wildman–Crippen MR) is 91.8 cm³/mol. The first kappa shape index (κ1) is 18.2. The number of rotatable bonds is 4. The molecule has 0 aromatic heterocycles. The van der Waals surface area contributed by atoms with Gasteiger partial charge >= 0.3 is 0 Å². The van der Waals surface area contributed by atoms with Gasteiger partial charge in [-0.05, 0) is 64.2 Å². The minimum atomic E-state index is -1.60. The summed E-state index contributed by atoms with van der Waals surface area (Å²) in [6, 6.07) is 0.694. The van der Waals surface area contributed by atoms with E-state index >= 15 is 0 Å². The first-order valence-electron chi connectivity index (χ1n) is 8.31. The lowest BCUT2D eigenvalue weighted by atomic mass is 9.96. The average Bonchev–Trinajstić information content (AvgIpc) is 2.67. The van der Waals surface area contributed by atoms with Crippen LogP contribution in [0.3, 0.4) is 0 Å². The lowest BCUT2D eigenvalue weighted by Gasteiger charge is -2.40. The molecule has 3 heteroatoms. The van der Waals surface area contributed by atoms with Crippen LogP contribution >= 0.6 is 0 Å². The molecule has 0 N–H and O–H groups in total. The summed E-state index contributed by atoms with van der Waals surface area (Å²) >= 11 is 0. The van der Waals surface area contributed by atoms with Crippen molar-refractivity contribution in [3.05, 3.63) is 0 Å². The van der Waals surface area contributed by atoms with Gasteiger partial charge in [-0.25, -0.2) is 0 Å². The zero-order valence-corrected chi connectivity index (χ0v) is 16.3. The van der Waals surface area contributed by atoms with Gasteiger partial charge in [0.05, 0.1) is 0 Å². The van der Waals surface area contributed by atoms with Crippen molar-refractivity contribution in [2.45, 2.75) is 91.0 Å². The molecule has 0 aliphatic carbocycles. The molecular formula is C17H37NOSi. The highest BCUT2D eigenvalue weighted by atomic mass is 28.4. The molecule has 1 heterocycles. The molecule has 1 aliphatic rings. The number of hydrogen-bond acceptors (Lipinski definition) is 2. The van der Waals surface area contributed by atoms with Crippen LogP contribution in [0, 0.1) is 5.92 Å². The summed E-state index contributed by atoms with van der Waals surface area (Å²) in [4.78, 5) is 2.69. The summed E-state index contributed by atoms with van der Waals surface area (Å²) in [7, 11) is -1.60. The molecule has 2 atom stereocenters. The molecular weight excluding hydrogens is 262 g/mol. The van der Waals surface area contributed by atoms with Crippen LogP contribution < -0.4 is 0 Å². The molecule has 120 valence electrons. The first-order valence-corrected chi connectivity index (χ1v) is 11.2. The Kier molecular flexibility index (Phi) is 5.54. The van der Waals surface area contributed by atoms with E-state index in [-0.39, 0.29) is 5.54 Å². The average molecular weight is 300 g/mol. The van der Waals surface area contributed by atoms with Gasteiger partial charge in [-0.15, -0.1) is 0 Å². The summed E-state index contributed by atoms with van der Waals surface area (Å²) in [5.74, 6) is 0.716. The first-order chi connectivity index (χ1) is 8.90. The standard InChI is InChI=1S/C17H37NOSi/c1-10-15-14(11-12-18(15)16(2,3)4)13-19-20(8,9)17(5,6)7/h14-15H,10-13H2,1-9H3. The van der Waals surface area contributed by atoms with Crippen molar-refractivity contribution >= 4 is 8.32 Å². The third-order valence-electron chi connectivity index (χ3n) is 5.43. The Hall–Kier alpha value is 0.137. The topological polar surface area (TPSA) is 12.5 Å². The van der Waals surface area contributed by atoms with Crippen LogP contribution in [-0.2, 0) is 4.43 Å². The van der Waals surface area contributed by atoms with Crippen LogP contribution in [0.1, 0.15) is 61.3 Å². The minimum absolute atomic E-state index is 0.284. The molecule has 0 saturated carbocycles. The van der Waals surface area contributed by atoms with Crippen LogP contribution in [0.5, 0.6) is 0 Å². The fourth-order valence-corrected chi connectivity index (χ4v) is 4.09. The highest BCUT2D eigenvalue weighted by Crippen LogP contribution is 2.39. The molecule has 20 heavy (non-hydrogen) atoms. The summed E-state index contributed by atoms with van der Waals surface area (Å²) in [5.41, 5.74) is 0.284. The quantitative estimate of drug-likeness (QED) is 0.684. The van der Waals surface area contributed by atoms with E-state index in [0.717, 1.165) is 6.61 Å². The molecule has 0 aromatic carbocycles. The van der Waals surface area contributed by atoms with Crippen LogP contribution in [0.15, 0.2) is 0 Å². The summed E-state index contributed by atoms with van der Waals surface area (Å²) in [5, 5.41) is 0.316. The van der Waals surface area contributed by atoms with E-state index in [1.165, 1.54) is 19.4 Å². The number of likely N-dealkylation sites (tertiary alicyclic amines) is 1. The molecule has 2 nitrogen and oxygen atoms in total. The van der Waals surface area contributed by atoms with Crippen molar-refractivity contribution in [3.63, 3.8) is 0 Å². The van der Waals surface area contributed by atoms with E-state index in [4.69, 9.17) is 4.43 Å². The second-order valence-corrected chi connectivity index (χ2v) is 13.8. The van der Waals surface area contributed by atoms with Crippen LogP contribution in [0.2, 0.25) is 18.1 Å². The molecule has 1 rings (SSSR count). The van der Waals surface area contributed by atoms with Gasteiger partial charge in [-0.2, -0.15) is 0 Å². The van der Waals surface area contributed by atoms with Crippen molar-refractivity contribution in [2.24, 2.45) is 5.92 Å². The van der Waals surface area contributed by atoms with Gasteiger partial charge in [0.25, 0.3) is 0 Å². The highest BCUT2D eigenvalue weighted by Gasteiger charge is 2.41. The van der Waals surface area contributed by atoms with Gasteiger partial charge in [0.1, 0.15) is 0 Å². The molecule has 0 amide bonds. The van der Waals surface area contributed by atoms with Crippen LogP contribution in [0.4, 0.5) is 0 Å². The van der Waals surface area contributed by atoms with Gasteiger partial charge in [-0.3, -0.25) is 4.90 Å². The number of nitrogens with zero attached hydrogens (tertiary/aromatic N) is 1. The fraction of sp³-hybridized carbons (Fsp3) is 1.00. The fourth-order valence-electron chi connectivity index (χ4n) is 3.03. The zero-order chi connectivity index (χ0) is 15.8. The van der Waals surface area contributed by atoms with Gasteiger partial charge < -0.3 is 4.43 Å². The second-order valence-electron chi connectivity index (χ2n) is 8.96. The van der Waals surface area contributed by atoms with E-state index in [2.05, 4.69) is 66.5 Å². The summed E-state index contributed by atoms with van der Waals surface area (Å²) < 4.78 is 6.48.